The van der Waals surface area contributed by atoms with Crippen LogP contribution in [-0.2, 0) is 56.8 Å². The lowest BCUT2D eigenvalue weighted by Crippen LogP contribution is -2.79. The lowest BCUT2D eigenvalue weighted by molar-refractivity contribution is -0.398. The molecule has 2 aliphatic carbocycles. The molecule has 0 aromatic rings. The fraction of sp³-hybridized carbons (Fsp3) is 1.00. The van der Waals surface area contributed by atoms with Gasteiger partial charge in [0.1, 0.15) is 54.4 Å². The molecule has 15 atom stereocenters. The van der Waals surface area contributed by atoms with E-state index in [4.69, 9.17) is 56.8 Å². The zero-order chi connectivity index (χ0) is 55.3. The molecule has 16 heteroatoms. The number of hydrogen-bond donors (Lipinski definition) is 4. The fourth-order valence-corrected chi connectivity index (χ4v) is 9.83. The van der Waals surface area contributed by atoms with Crippen molar-refractivity contribution in [2.75, 3.05) is 79.3 Å². The normalized spacial score (nSPS) is 27.5. The summed E-state index contributed by atoms with van der Waals surface area (Å²) in [5.41, 5.74) is -3.06. The van der Waals surface area contributed by atoms with Crippen LogP contribution in [0.15, 0.2) is 0 Å². The van der Waals surface area contributed by atoms with Gasteiger partial charge in [-0.1, -0.05) is 133 Å². The van der Waals surface area contributed by atoms with Crippen LogP contribution in [0.3, 0.4) is 0 Å². The monoisotopic (exact) mass is 1080 g/mol. The van der Waals surface area contributed by atoms with Gasteiger partial charge in [0.2, 0.25) is 0 Å². The van der Waals surface area contributed by atoms with Crippen molar-refractivity contribution in [2.45, 2.75) is 296 Å². The molecule has 0 spiro atoms. The van der Waals surface area contributed by atoms with Crippen LogP contribution in [0.2, 0.25) is 0 Å². The molecule has 2 aliphatic rings. The minimum Gasteiger partial charge on any atom is -0.396 e. The Hall–Kier alpha value is -0.640. The van der Waals surface area contributed by atoms with E-state index in [0.717, 1.165) is 116 Å². The predicted octanol–water partition coefficient (Wildman–Crippen LogP) is 10.0. The highest BCUT2D eigenvalue weighted by Gasteiger charge is 2.70. The van der Waals surface area contributed by atoms with Crippen LogP contribution < -0.4 is 0 Å². The third kappa shape index (κ3) is 22.3. The van der Waals surface area contributed by atoms with Crippen molar-refractivity contribution in [1.82, 2.24) is 0 Å². The molecule has 16 nitrogen and oxygen atoms in total. The van der Waals surface area contributed by atoms with E-state index in [9.17, 15) is 20.4 Å². The van der Waals surface area contributed by atoms with Crippen LogP contribution in [-0.4, -0.2) is 185 Å². The molecular weight excluding hydrogens is 965 g/mol. The molecule has 0 saturated heterocycles. The summed E-state index contributed by atoms with van der Waals surface area (Å²) in [6.45, 7) is 26.5. The van der Waals surface area contributed by atoms with Crippen LogP contribution in [0.25, 0.3) is 0 Å². The SMILES string of the molecule is CCCCOCC1[C@@H](OCCCC)C(OCCCC)C1(OCCCC)[C@H](O)OC1C(OCCCC)[C@@H](OCCCC)C(OCCCC)C(O[C@@H](O)C(C)(OCCCC)C(OCCCC)[C@@H](CCO)OCCCC)[C@@H]1O. The maximum absolute atomic E-state index is 13.2. The topological polar surface area (TPSA) is 192 Å². The van der Waals surface area contributed by atoms with Gasteiger partial charge in [0.15, 0.2) is 18.2 Å². The van der Waals surface area contributed by atoms with Crippen molar-refractivity contribution >= 4 is 0 Å². The van der Waals surface area contributed by atoms with Gasteiger partial charge < -0.3 is 77.3 Å². The fourth-order valence-electron chi connectivity index (χ4n) is 9.83. The zero-order valence-corrected chi connectivity index (χ0v) is 49.5. The molecule has 0 radical (unpaired) electrons. The molecule has 2 saturated carbocycles. The lowest BCUT2D eigenvalue weighted by Gasteiger charge is -2.61. The Bertz CT molecular complexity index is 1320. The summed E-state index contributed by atoms with van der Waals surface area (Å²) >= 11 is 0. The average Bonchev–Trinajstić information content (AvgIpc) is 3.40. The van der Waals surface area contributed by atoms with E-state index in [0.29, 0.717) is 72.3 Å². The van der Waals surface area contributed by atoms with E-state index in [1.165, 1.54) is 0 Å². The summed E-state index contributed by atoms with van der Waals surface area (Å²) in [7, 11) is 0. The highest BCUT2D eigenvalue weighted by molar-refractivity contribution is 5.16. The smallest absolute Gasteiger partial charge is 0.187 e. The van der Waals surface area contributed by atoms with Gasteiger partial charge in [-0.25, -0.2) is 0 Å². The Kier molecular flexibility index (Phi) is 39.7. The minimum atomic E-state index is -1.74. The third-order valence-corrected chi connectivity index (χ3v) is 14.8. The first-order valence-electron chi connectivity index (χ1n) is 30.6. The molecule has 0 aromatic heterocycles. The Morgan fingerprint density at radius 3 is 1.39 bits per heavy atom. The zero-order valence-electron chi connectivity index (χ0n) is 49.5. The van der Waals surface area contributed by atoms with E-state index < -0.39 is 90.7 Å². The van der Waals surface area contributed by atoms with Gasteiger partial charge in [-0.05, 0) is 77.6 Å². The van der Waals surface area contributed by atoms with Gasteiger partial charge in [0.05, 0.1) is 18.8 Å². The Labute approximate surface area is 456 Å². The Balaban J connectivity index is 3.00. The molecule has 448 valence electrons. The van der Waals surface area contributed by atoms with Crippen molar-refractivity contribution in [2.24, 2.45) is 5.92 Å². The first kappa shape index (κ1) is 70.5. The molecule has 0 bridgehead atoms. The second kappa shape index (κ2) is 42.2. The summed E-state index contributed by atoms with van der Waals surface area (Å²) < 4.78 is 81.1. The molecule has 2 fully saturated rings. The molecule has 2 rings (SSSR count). The summed E-state index contributed by atoms with van der Waals surface area (Å²) in [4.78, 5) is 0. The van der Waals surface area contributed by atoms with Crippen molar-refractivity contribution < 1.29 is 77.3 Å². The maximum Gasteiger partial charge on any atom is 0.187 e. The summed E-state index contributed by atoms with van der Waals surface area (Å²) in [5.74, 6) is -0.502. The number of aliphatic hydroxyl groups is 4. The van der Waals surface area contributed by atoms with Crippen molar-refractivity contribution in [3.05, 3.63) is 0 Å². The average molecular weight is 1080 g/mol. The molecule has 0 heterocycles. The van der Waals surface area contributed by atoms with Crippen LogP contribution in [0.5, 0.6) is 0 Å². The van der Waals surface area contributed by atoms with Gasteiger partial charge in [-0.3, -0.25) is 0 Å². The Morgan fingerprint density at radius 1 is 0.467 bits per heavy atom. The van der Waals surface area contributed by atoms with Crippen LogP contribution in [0.4, 0.5) is 0 Å². The first-order chi connectivity index (χ1) is 36.5. The number of ether oxygens (including phenoxy) is 12. The summed E-state index contributed by atoms with van der Waals surface area (Å²) in [6.07, 6.45) is 3.46. The minimum absolute atomic E-state index is 0.176. The van der Waals surface area contributed by atoms with E-state index in [2.05, 4.69) is 69.2 Å². The largest absolute Gasteiger partial charge is 0.396 e. The highest BCUT2D eigenvalue weighted by Crippen LogP contribution is 2.50. The van der Waals surface area contributed by atoms with Crippen LogP contribution in [0.1, 0.15) is 211 Å². The third-order valence-electron chi connectivity index (χ3n) is 14.8. The highest BCUT2D eigenvalue weighted by atomic mass is 16.7. The van der Waals surface area contributed by atoms with Crippen molar-refractivity contribution in [1.29, 1.82) is 0 Å². The van der Waals surface area contributed by atoms with Crippen molar-refractivity contribution in [3.63, 3.8) is 0 Å². The van der Waals surface area contributed by atoms with Crippen LogP contribution in [0, 0.1) is 5.92 Å². The molecule has 0 amide bonds. The standard InChI is InChI=1S/C59H116O16/c1-12-22-34-64-44-45-48(66-36-24-14-3)55(71-41-29-19-8)59(45,73-43-31-21-10)57(63)75-50-47(61)49(51(67-37-25-15-4)53(69-39-27-17-6)52(50)68-38-26-16-5)74-56(62)58(11,72-42-30-20-9)54(70-40-28-18-7)46(32-33-60)65-35-23-13-2/h45-57,60-63H,12-44H2,1-11H3/t45?,46-,47+,48-,49?,50?,51?,52?,53+,54?,55?,56-,57-,58?,59?/m1/s1. The van der Waals surface area contributed by atoms with Gasteiger partial charge in [0, 0.05) is 78.6 Å². The van der Waals surface area contributed by atoms with E-state index in [1.807, 2.05) is 0 Å². The molecule has 0 aromatic carbocycles. The van der Waals surface area contributed by atoms with Gasteiger partial charge in [0.25, 0.3) is 0 Å². The summed E-state index contributed by atoms with van der Waals surface area (Å²) in [6, 6.07) is 0. The quantitative estimate of drug-likeness (QED) is 0.0332. The number of unbranched alkanes of at least 4 members (excludes halogenated alkanes) is 10. The second-order valence-electron chi connectivity index (χ2n) is 21.2. The molecule has 0 aliphatic heterocycles. The maximum atomic E-state index is 13.2. The Morgan fingerprint density at radius 2 is 0.880 bits per heavy atom. The van der Waals surface area contributed by atoms with Gasteiger partial charge >= 0.3 is 0 Å². The molecular formula is C59H116O16. The molecule has 4 N–H and O–H groups in total. The van der Waals surface area contributed by atoms with Crippen molar-refractivity contribution in [3.8, 4) is 0 Å². The second-order valence-corrected chi connectivity index (χ2v) is 21.2. The van der Waals surface area contributed by atoms with E-state index >= 15 is 0 Å². The predicted molar refractivity (Wildman–Crippen MR) is 294 cm³/mol. The molecule has 9 unspecified atom stereocenters. The van der Waals surface area contributed by atoms with Crippen LogP contribution >= 0.6 is 0 Å². The number of rotatable bonds is 51. The van der Waals surface area contributed by atoms with E-state index in [1.54, 1.807) is 6.92 Å². The summed E-state index contributed by atoms with van der Waals surface area (Å²) in [5, 5.41) is 49.7. The van der Waals surface area contributed by atoms with Gasteiger partial charge in [-0.2, -0.15) is 0 Å². The van der Waals surface area contributed by atoms with Gasteiger partial charge in [-0.15, -0.1) is 0 Å². The first-order valence-corrected chi connectivity index (χ1v) is 30.6. The van der Waals surface area contributed by atoms with E-state index in [-0.39, 0.29) is 26.2 Å². The number of hydrogen-bond acceptors (Lipinski definition) is 16. The molecule has 75 heavy (non-hydrogen) atoms. The lowest BCUT2D eigenvalue weighted by atomic mass is 9.63. The number of aliphatic hydroxyl groups excluding tert-OH is 4.